The van der Waals surface area contributed by atoms with E-state index in [2.05, 4.69) is 5.16 Å². The summed E-state index contributed by atoms with van der Waals surface area (Å²) in [4.78, 5) is 4.93. The summed E-state index contributed by atoms with van der Waals surface area (Å²) in [5.74, 6) is -0.296. The van der Waals surface area contributed by atoms with Gasteiger partial charge in [0.1, 0.15) is 0 Å². The number of oxime groups is 1. The van der Waals surface area contributed by atoms with Crippen molar-refractivity contribution >= 4 is 14.2 Å². The Bertz CT molecular complexity index is 337. The topological polar surface area (TPSA) is 38.7 Å². The molecule has 1 aliphatic heterocycles. The first-order valence-electron chi connectivity index (χ1n) is 4.01. The second kappa shape index (κ2) is 3.67. The third-order valence-corrected chi connectivity index (χ3v) is 2.39. The molecular weight excluding hydrogens is 185 g/mol. The van der Waals surface area contributed by atoms with Crippen LogP contribution < -0.4 is 0 Å². The summed E-state index contributed by atoms with van der Waals surface area (Å²) in [6.45, 7) is 0. The molecule has 1 aromatic rings. The minimum Gasteiger partial charge on any atom is -0.379 e. The van der Waals surface area contributed by atoms with Crippen LogP contribution in [0.2, 0.25) is 0 Å². The predicted octanol–water partition coefficient (Wildman–Crippen LogP) is 2.43. The maximum Gasteiger partial charge on any atom is 0.211 e. The van der Waals surface area contributed by atoms with E-state index in [9.17, 15) is 4.57 Å². The molecule has 0 radical (unpaired) electrons. The van der Waals surface area contributed by atoms with Crippen LogP contribution in [0.3, 0.4) is 0 Å². The van der Waals surface area contributed by atoms with Gasteiger partial charge in [-0.25, -0.2) is 0 Å². The molecule has 0 aromatic heterocycles. The van der Waals surface area contributed by atoms with Crippen LogP contribution in [0.15, 0.2) is 35.5 Å². The van der Waals surface area contributed by atoms with E-state index in [0.717, 1.165) is 11.3 Å². The molecule has 1 heterocycles. The number of hydrogen-bond acceptors (Lipinski definition) is 3. The third-order valence-electron chi connectivity index (χ3n) is 1.88. The molecule has 66 valence electrons. The first-order valence-corrected chi connectivity index (χ1v) is 4.89. The van der Waals surface area contributed by atoms with Crippen LogP contribution in [0.5, 0.6) is 0 Å². The third kappa shape index (κ3) is 1.76. The molecule has 3 nitrogen and oxygen atoms in total. The van der Waals surface area contributed by atoms with Gasteiger partial charge in [-0.15, -0.1) is 0 Å². The van der Waals surface area contributed by atoms with Gasteiger partial charge < -0.3 is 4.84 Å². The lowest BCUT2D eigenvalue weighted by molar-refractivity contribution is 0.144. The Morgan fingerprint density at radius 3 is 2.77 bits per heavy atom. The van der Waals surface area contributed by atoms with E-state index in [4.69, 9.17) is 4.84 Å². The maximum atomic E-state index is 10.5. The Labute approximate surface area is 77.6 Å². The Balaban J connectivity index is 2.17. The summed E-state index contributed by atoms with van der Waals surface area (Å²) in [6.07, 6.45) is 0.620. The summed E-state index contributed by atoms with van der Waals surface area (Å²) < 4.78 is 10.5. The summed E-state index contributed by atoms with van der Waals surface area (Å²) >= 11 is 0. The van der Waals surface area contributed by atoms with Crippen LogP contribution in [0, 0.1) is 0 Å². The van der Waals surface area contributed by atoms with Gasteiger partial charge in [-0.1, -0.05) is 35.5 Å². The number of hydrogen-bond donors (Lipinski definition) is 0. The van der Waals surface area contributed by atoms with Gasteiger partial charge in [-0.3, -0.25) is 4.57 Å². The van der Waals surface area contributed by atoms with Gasteiger partial charge in [0.25, 0.3) is 0 Å². The van der Waals surface area contributed by atoms with Crippen molar-refractivity contribution in [3.63, 3.8) is 0 Å². The fourth-order valence-corrected chi connectivity index (χ4v) is 1.56. The van der Waals surface area contributed by atoms with E-state index < -0.39 is 0 Å². The van der Waals surface area contributed by atoms with Gasteiger partial charge in [-0.05, 0) is 5.56 Å². The molecule has 4 heteroatoms. The van der Waals surface area contributed by atoms with Gasteiger partial charge >= 0.3 is 0 Å². The smallest absolute Gasteiger partial charge is 0.211 e. The molecule has 1 aromatic carbocycles. The SMILES string of the molecule is O=PC1CC(c2ccccc2)=NO1. The molecule has 1 atom stereocenters. The lowest BCUT2D eigenvalue weighted by Crippen LogP contribution is -2.00. The average molecular weight is 193 g/mol. The zero-order chi connectivity index (χ0) is 9.10. The Morgan fingerprint density at radius 1 is 1.38 bits per heavy atom. The summed E-state index contributed by atoms with van der Waals surface area (Å²) in [6, 6.07) is 9.77. The highest BCUT2D eigenvalue weighted by Gasteiger charge is 2.21. The maximum absolute atomic E-state index is 10.5. The lowest BCUT2D eigenvalue weighted by atomic mass is 10.1. The van der Waals surface area contributed by atoms with Crippen molar-refractivity contribution in [3.05, 3.63) is 35.9 Å². The highest BCUT2D eigenvalue weighted by Crippen LogP contribution is 2.22. The largest absolute Gasteiger partial charge is 0.379 e. The number of nitrogens with zero attached hydrogens (tertiary/aromatic N) is 1. The summed E-state index contributed by atoms with van der Waals surface area (Å²) in [5, 5.41) is 3.87. The second-order valence-electron chi connectivity index (χ2n) is 2.77. The molecule has 1 unspecified atom stereocenters. The summed E-state index contributed by atoms with van der Waals surface area (Å²) in [7, 11) is -0.000252. The Morgan fingerprint density at radius 2 is 2.15 bits per heavy atom. The van der Waals surface area contributed by atoms with E-state index in [0.29, 0.717) is 6.42 Å². The number of benzene rings is 1. The van der Waals surface area contributed by atoms with Crippen LogP contribution in [0.25, 0.3) is 0 Å². The molecule has 0 aliphatic carbocycles. The molecule has 0 saturated carbocycles. The van der Waals surface area contributed by atoms with Crippen molar-refractivity contribution in [2.75, 3.05) is 0 Å². The van der Waals surface area contributed by atoms with Crippen LogP contribution >= 0.6 is 8.46 Å². The monoisotopic (exact) mass is 193 g/mol. The Kier molecular flexibility index (Phi) is 2.37. The predicted molar refractivity (Wildman–Crippen MR) is 50.1 cm³/mol. The zero-order valence-corrected chi connectivity index (χ0v) is 7.78. The minimum absolute atomic E-state index is 0.000252. The van der Waals surface area contributed by atoms with Crippen molar-refractivity contribution in [1.29, 1.82) is 0 Å². The van der Waals surface area contributed by atoms with E-state index in [1.54, 1.807) is 0 Å². The van der Waals surface area contributed by atoms with E-state index in [-0.39, 0.29) is 14.3 Å². The van der Waals surface area contributed by atoms with Gasteiger partial charge in [0, 0.05) is 6.42 Å². The van der Waals surface area contributed by atoms with Crippen LogP contribution in [-0.2, 0) is 9.40 Å². The first-order chi connectivity index (χ1) is 6.40. The number of rotatable bonds is 2. The van der Waals surface area contributed by atoms with E-state index >= 15 is 0 Å². The molecule has 1 aliphatic rings. The van der Waals surface area contributed by atoms with Crippen molar-refractivity contribution in [3.8, 4) is 0 Å². The minimum atomic E-state index is -0.296. The van der Waals surface area contributed by atoms with E-state index in [1.165, 1.54) is 0 Å². The fourth-order valence-electron chi connectivity index (χ4n) is 1.22. The molecule has 0 fully saturated rings. The molecule has 0 N–H and O–H groups in total. The molecule has 0 saturated heterocycles. The van der Waals surface area contributed by atoms with Gasteiger partial charge in [-0.2, -0.15) is 0 Å². The highest BCUT2D eigenvalue weighted by atomic mass is 31.1. The standard InChI is InChI=1S/C9H8NO2P/c11-13-9-6-8(10-12-9)7-4-2-1-3-5-7/h1-5,9H,6H2. The van der Waals surface area contributed by atoms with Crippen molar-refractivity contribution in [1.82, 2.24) is 0 Å². The van der Waals surface area contributed by atoms with Gasteiger partial charge in [0.15, 0.2) is 0 Å². The molecule has 13 heavy (non-hydrogen) atoms. The van der Waals surface area contributed by atoms with Crippen LogP contribution in [0.4, 0.5) is 0 Å². The molecule has 0 spiro atoms. The zero-order valence-electron chi connectivity index (χ0n) is 6.88. The van der Waals surface area contributed by atoms with Crippen molar-refractivity contribution in [2.45, 2.75) is 12.3 Å². The van der Waals surface area contributed by atoms with Gasteiger partial charge in [0.05, 0.1) is 5.71 Å². The highest BCUT2D eigenvalue weighted by molar-refractivity contribution is 7.24. The first kappa shape index (κ1) is 8.39. The molecule has 0 bridgehead atoms. The Hall–Kier alpha value is -1.21. The molecular formula is C9H8NO2P. The van der Waals surface area contributed by atoms with E-state index in [1.807, 2.05) is 30.3 Å². The van der Waals surface area contributed by atoms with Crippen molar-refractivity contribution < 1.29 is 9.40 Å². The van der Waals surface area contributed by atoms with Crippen molar-refractivity contribution in [2.24, 2.45) is 5.16 Å². The molecule has 2 rings (SSSR count). The van der Waals surface area contributed by atoms with Crippen LogP contribution in [0.1, 0.15) is 12.0 Å². The second-order valence-corrected chi connectivity index (χ2v) is 3.56. The van der Waals surface area contributed by atoms with Crippen LogP contribution in [-0.4, -0.2) is 11.6 Å². The molecule has 0 amide bonds. The van der Waals surface area contributed by atoms with Gasteiger partial charge in [0.2, 0.25) is 14.3 Å². The summed E-state index contributed by atoms with van der Waals surface area (Å²) in [5.41, 5.74) is 1.91. The lowest BCUT2D eigenvalue weighted by Gasteiger charge is -1.96. The normalized spacial score (nSPS) is 21.2. The average Bonchev–Trinajstić information content (AvgIpc) is 2.67. The quantitative estimate of drug-likeness (QED) is 0.676. The fraction of sp³-hybridized carbons (Fsp3) is 0.222.